The number of halogens is 1. The van der Waals surface area contributed by atoms with Crippen LogP contribution in [0.4, 0.5) is 10.5 Å². The van der Waals surface area contributed by atoms with Crippen molar-refractivity contribution in [1.29, 1.82) is 0 Å². The van der Waals surface area contributed by atoms with Crippen LogP contribution < -0.4 is 5.32 Å². The number of para-hydroxylation sites is 1. The molecule has 0 bridgehead atoms. The Kier molecular flexibility index (Phi) is 6.67. The number of imide groups is 1. The fraction of sp³-hybridized carbons (Fsp3) is 0.107. The zero-order valence-electron chi connectivity index (χ0n) is 19.4. The number of aromatic nitrogens is 1. The van der Waals surface area contributed by atoms with Gasteiger partial charge in [0, 0.05) is 39.4 Å². The van der Waals surface area contributed by atoms with E-state index in [1.54, 1.807) is 30.3 Å². The Labute approximate surface area is 217 Å². The summed E-state index contributed by atoms with van der Waals surface area (Å²) in [7, 11) is 0. The van der Waals surface area contributed by atoms with E-state index in [-0.39, 0.29) is 6.54 Å². The molecule has 3 amide bonds. The van der Waals surface area contributed by atoms with E-state index in [2.05, 4.69) is 28.1 Å². The molecule has 1 aliphatic rings. The second kappa shape index (κ2) is 10.0. The molecule has 1 N–H and O–H groups in total. The fourth-order valence-corrected chi connectivity index (χ4v) is 5.30. The van der Waals surface area contributed by atoms with Gasteiger partial charge in [0.1, 0.15) is 6.54 Å². The number of carbonyl (C=O) groups excluding carboxylic acids is 3. The maximum atomic E-state index is 13.1. The molecule has 0 spiro atoms. The topological polar surface area (TPSA) is 71.4 Å². The van der Waals surface area contributed by atoms with E-state index >= 15 is 0 Å². The van der Waals surface area contributed by atoms with Crippen molar-refractivity contribution in [3.05, 3.63) is 106 Å². The van der Waals surface area contributed by atoms with Crippen LogP contribution in [0, 0.1) is 6.92 Å². The van der Waals surface area contributed by atoms with Crippen molar-refractivity contribution in [2.45, 2.75) is 13.5 Å². The van der Waals surface area contributed by atoms with Crippen molar-refractivity contribution in [1.82, 2.24) is 9.47 Å². The largest absolute Gasteiger partial charge is 0.340 e. The Bertz CT molecular complexity index is 1530. The molecule has 0 aliphatic carbocycles. The number of hydrogen-bond acceptors (Lipinski definition) is 4. The van der Waals surface area contributed by atoms with Crippen LogP contribution in [0.5, 0.6) is 0 Å². The molecule has 0 unspecified atom stereocenters. The molecule has 6 nitrogen and oxygen atoms in total. The summed E-state index contributed by atoms with van der Waals surface area (Å²) < 4.78 is 2.21. The first-order valence-electron chi connectivity index (χ1n) is 11.3. The van der Waals surface area contributed by atoms with Gasteiger partial charge >= 0.3 is 0 Å². The second-order valence-electron chi connectivity index (χ2n) is 8.41. The fourth-order valence-electron chi connectivity index (χ4n) is 4.29. The van der Waals surface area contributed by atoms with E-state index in [4.69, 9.17) is 11.6 Å². The number of benzene rings is 3. The summed E-state index contributed by atoms with van der Waals surface area (Å²) in [6.45, 7) is 2.33. The molecule has 0 radical (unpaired) electrons. The molecule has 0 atom stereocenters. The van der Waals surface area contributed by atoms with Crippen LogP contribution in [0.15, 0.2) is 83.8 Å². The first-order chi connectivity index (χ1) is 17.4. The molecular formula is C28H22ClN3O3S. The first kappa shape index (κ1) is 23.9. The van der Waals surface area contributed by atoms with E-state index in [0.29, 0.717) is 22.2 Å². The van der Waals surface area contributed by atoms with Crippen LogP contribution in [0.3, 0.4) is 0 Å². The van der Waals surface area contributed by atoms with Gasteiger partial charge in [-0.25, -0.2) is 0 Å². The predicted octanol–water partition coefficient (Wildman–Crippen LogP) is 6.33. The number of amides is 3. The average molecular weight is 516 g/mol. The Hall–Kier alpha value is -3.81. The number of nitrogens with one attached hydrogen (secondary N) is 1. The number of fused-ring (bicyclic) bond motifs is 1. The van der Waals surface area contributed by atoms with Gasteiger partial charge < -0.3 is 9.88 Å². The van der Waals surface area contributed by atoms with Gasteiger partial charge in [-0.05, 0) is 54.6 Å². The lowest BCUT2D eigenvalue weighted by atomic mass is 10.1. The quantitative estimate of drug-likeness (QED) is 0.305. The predicted molar refractivity (Wildman–Crippen MR) is 145 cm³/mol. The van der Waals surface area contributed by atoms with Crippen LogP contribution in [-0.4, -0.2) is 33.1 Å². The molecule has 36 heavy (non-hydrogen) atoms. The summed E-state index contributed by atoms with van der Waals surface area (Å²) in [5, 5.41) is 3.67. The van der Waals surface area contributed by atoms with Gasteiger partial charge in [0.25, 0.3) is 11.1 Å². The highest BCUT2D eigenvalue weighted by Gasteiger charge is 2.36. The highest BCUT2D eigenvalue weighted by molar-refractivity contribution is 8.18. The smallest absolute Gasteiger partial charge is 0.294 e. The zero-order valence-corrected chi connectivity index (χ0v) is 21.0. The molecule has 4 aromatic rings. The molecule has 2 heterocycles. The third-order valence-corrected chi connectivity index (χ3v) is 7.16. The molecule has 8 heteroatoms. The molecule has 5 rings (SSSR count). The van der Waals surface area contributed by atoms with Gasteiger partial charge in [0.2, 0.25) is 5.91 Å². The molecule has 1 aromatic heterocycles. The summed E-state index contributed by atoms with van der Waals surface area (Å²) in [6.07, 6.45) is 1.76. The minimum Gasteiger partial charge on any atom is -0.340 e. The van der Waals surface area contributed by atoms with Crippen molar-refractivity contribution in [2.24, 2.45) is 0 Å². The number of carbonyl (C=O) groups is 3. The average Bonchev–Trinajstić information content (AvgIpc) is 3.28. The van der Waals surface area contributed by atoms with E-state index in [0.717, 1.165) is 38.8 Å². The van der Waals surface area contributed by atoms with Crippen LogP contribution in [-0.2, 0) is 16.1 Å². The van der Waals surface area contributed by atoms with Crippen molar-refractivity contribution >= 4 is 63.1 Å². The number of rotatable bonds is 6. The molecular weight excluding hydrogens is 494 g/mol. The van der Waals surface area contributed by atoms with Crippen LogP contribution in [0.25, 0.3) is 17.0 Å². The minimum atomic E-state index is -0.481. The van der Waals surface area contributed by atoms with Crippen molar-refractivity contribution in [2.75, 3.05) is 11.9 Å². The lowest BCUT2D eigenvalue weighted by Crippen LogP contribution is -2.36. The second-order valence-corrected chi connectivity index (χ2v) is 9.84. The molecule has 1 aliphatic heterocycles. The van der Waals surface area contributed by atoms with Gasteiger partial charge in [-0.2, -0.15) is 0 Å². The van der Waals surface area contributed by atoms with Crippen LogP contribution in [0.2, 0.25) is 5.02 Å². The normalized spacial score (nSPS) is 14.7. The van der Waals surface area contributed by atoms with E-state index in [1.165, 1.54) is 5.56 Å². The van der Waals surface area contributed by atoms with Gasteiger partial charge in [-0.3, -0.25) is 19.3 Å². The summed E-state index contributed by atoms with van der Waals surface area (Å²) in [5.74, 6) is -0.956. The SMILES string of the molecule is Cc1c(/C=C2\SC(=O)N(CC(=O)Nc3cccc(Cl)c3)C2=O)c2ccccc2n1Cc1ccccc1. The maximum absolute atomic E-state index is 13.1. The first-order valence-corrected chi connectivity index (χ1v) is 12.5. The summed E-state index contributed by atoms with van der Waals surface area (Å²) in [5.41, 5.74) is 4.59. The molecule has 1 saturated heterocycles. The maximum Gasteiger partial charge on any atom is 0.294 e. The van der Waals surface area contributed by atoms with Crippen LogP contribution in [0.1, 0.15) is 16.8 Å². The van der Waals surface area contributed by atoms with Gasteiger partial charge in [-0.15, -0.1) is 0 Å². The van der Waals surface area contributed by atoms with Crippen molar-refractivity contribution < 1.29 is 14.4 Å². The Morgan fingerprint density at radius 3 is 2.53 bits per heavy atom. The number of thioether (sulfide) groups is 1. The molecule has 3 aromatic carbocycles. The third kappa shape index (κ3) is 4.80. The number of nitrogens with zero attached hydrogens (tertiary/aromatic N) is 2. The highest BCUT2D eigenvalue weighted by Crippen LogP contribution is 2.35. The van der Waals surface area contributed by atoms with Crippen LogP contribution >= 0.6 is 23.4 Å². The van der Waals surface area contributed by atoms with Gasteiger partial charge in [-0.1, -0.05) is 66.2 Å². The highest BCUT2D eigenvalue weighted by atomic mass is 35.5. The minimum absolute atomic E-state index is 0.293. The summed E-state index contributed by atoms with van der Waals surface area (Å²) in [6, 6.07) is 24.8. The van der Waals surface area contributed by atoms with Gasteiger partial charge in [0.05, 0.1) is 4.91 Å². The van der Waals surface area contributed by atoms with E-state index in [1.807, 2.05) is 43.3 Å². The molecule has 0 saturated carbocycles. The van der Waals surface area contributed by atoms with Crippen molar-refractivity contribution in [3.63, 3.8) is 0 Å². The zero-order chi connectivity index (χ0) is 25.2. The Balaban J connectivity index is 1.41. The summed E-state index contributed by atoms with van der Waals surface area (Å²) in [4.78, 5) is 39.5. The third-order valence-electron chi connectivity index (χ3n) is 6.02. The van der Waals surface area contributed by atoms with E-state index in [9.17, 15) is 14.4 Å². The Morgan fingerprint density at radius 1 is 1.00 bits per heavy atom. The van der Waals surface area contributed by atoms with Gasteiger partial charge in [0.15, 0.2) is 0 Å². The monoisotopic (exact) mass is 515 g/mol. The molecule has 1 fully saturated rings. The molecule has 180 valence electrons. The van der Waals surface area contributed by atoms with E-state index < -0.39 is 17.1 Å². The van der Waals surface area contributed by atoms with Crippen molar-refractivity contribution in [3.8, 4) is 0 Å². The lowest BCUT2D eigenvalue weighted by Gasteiger charge is -2.12. The Morgan fingerprint density at radius 2 is 1.75 bits per heavy atom. The standard InChI is InChI=1S/C28H22ClN3O3S/c1-18-23(22-12-5-6-13-24(22)31(18)16-19-8-3-2-4-9-19)15-25-27(34)32(28(35)36-25)17-26(33)30-21-11-7-10-20(29)14-21/h2-15H,16-17H2,1H3,(H,30,33)/b25-15-. The number of anilines is 1. The summed E-state index contributed by atoms with van der Waals surface area (Å²) >= 11 is 6.81. The number of hydrogen-bond donors (Lipinski definition) is 1. The lowest BCUT2D eigenvalue weighted by molar-refractivity contribution is -0.127.